The van der Waals surface area contributed by atoms with Gasteiger partial charge in [-0.05, 0) is 37.6 Å². The largest absolute Gasteiger partial charge is 0.497 e. The standard InChI is InChI=1S/C17H24N2O/c1-7-18-14-10-15(17(3,4)5)19-16-11(2)8-12(20-6)9-13(14)16/h8-10H,7H2,1-6H3,(H,18,19). The van der Waals surface area contributed by atoms with E-state index in [9.17, 15) is 0 Å². The van der Waals surface area contributed by atoms with E-state index in [1.54, 1.807) is 7.11 Å². The Hall–Kier alpha value is -1.77. The molecule has 1 N–H and O–H groups in total. The molecule has 3 nitrogen and oxygen atoms in total. The Morgan fingerprint density at radius 2 is 1.90 bits per heavy atom. The number of fused-ring (bicyclic) bond motifs is 1. The molecule has 3 heteroatoms. The first-order valence-corrected chi connectivity index (χ1v) is 7.10. The van der Waals surface area contributed by atoms with E-state index in [0.29, 0.717) is 0 Å². The number of ether oxygens (including phenoxy) is 1. The number of nitrogens with zero attached hydrogens (tertiary/aromatic N) is 1. The predicted octanol–water partition coefficient (Wildman–Crippen LogP) is 4.28. The molecule has 0 unspecified atom stereocenters. The van der Waals surface area contributed by atoms with Gasteiger partial charge >= 0.3 is 0 Å². The Bertz CT molecular complexity index is 627. The summed E-state index contributed by atoms with van der Waals surface area (Å²) in [5.74, 6) is 0.875. The molecule has 0 radical (unpaired) electrons. The Morgan fingerprint density at radius 1 is 1.20 bits per heavy atom. The third kappa shape index (κ3) is 2.72. The topological polar surface area (TPSA) is 34.2 Å². The summed E-state index contributed by atoms with van der Waals surface area (Å²) in [6, 6.07) is 6.25. The molecule has 0 bridgehead atoms. The van der Waals surface area contributed by atoms with Crippen molar-refractivity contribution in [3.8, 4) is 5.75 Å². The fraction of sp³-hybridized carbons (Fsp3) is 0.471. The van der Waals surface area contributed by atoms with E-state index in [1.165, 1.54) is 0 Å². The maximum absolute atomic E-state index is 5.38. The highest BCUT2D eigenvalue weighted by molar-refractivity contribution is 5.94. The number of anilines is 1. The van der Waals surface area contributed by atoms with Crippen molar-refractivity contribution < 1.29 is 4.74 Å². The van der Waals surface area contributed by atoms with Crippen molar-refractivity contribution in [3.05, 3.63) is 29.5 Å². The van der Waals surface area contributed by atoms with Gasteiger partial charge in [0, 0.05) is 28.7 Å². The summed E-state index contributed by atoms with van der Waals surface area (Å²) in [6.45, 7) is 11.6. The van der Waals surface area contributed by atoms with Gasteiger partial charge < -0.3 is 10.1 Å². The van der Waals surface area contributed by atoms with Crippen molar-refractivity contribution in [3.63, 3.8) is 0 Å². The number of nitrogens with one attached hydrogen (secondary N) is 1. The normalized spacial score (nSPS) is 11.7. The molecule has 0 saturated carbocycles. The van der Waals surface area contributed by atoms with Gasteiger partial charge in [0.2, 0.25) is 0 Å². The first-order valence-electron chi connectivity index (χ1n) is 7.10. The molecule has 108 valence electrons. The number of rotatable bonds is 3. The number of hydrogen-bond acceptors (Lipinski definition) is 3. The minimum atomic E-state index is 0.0325. The molecule has 0 atom stereocenters. The summed E-state index contributed by atoms with van der Waals surface area (Å²) in [7, 11) is 1.70. The van der Waals surface area contributed by atoms with E-state index in [2.05, 4.69) is 52.1 Å². The molecule has 0 aliphatic heterocycles. The number of hydrogen-bond donors (Lipinski definition) is 1. The number of aromatic nitrogens is 1. The van der Waals surface area contributed by atoms with Gasteiger partial charge in [-0.3, -0.25) is 4.98 Å². The van der Waals surface area contributed by atoms with E-state index >= 15 is 0 Å². The maximum atomic E-state index is 5.38. The molecule has 2 aromatic rings. The fourth-order valence-electron chi connectivity index (χ4n) is 2.31. The van der Waals surface area contributed by atoms with Crippen molar-refractivity contribution in [2.24, 2.45) is 0 Å². The van der Waals surface area contributed by atoms with Crippen LogP contribution in [0.4, 0.5) is 5.69 Å². The van der Waals surface area contributed by atoms with Gasteiger partial charge in [-0.2, -0.15) is 0 Å². The molecule has 0 spiro atoms. The van der Waals surface area contributed by atoms with Crippen LogP contribution >= 0.6 is 0 Å². The second-order valence-corrected chi connectivity index (χ2v) is 6.18. The molecule has 1 heterocycles. The smallest absolute Gasteiger partial charge is 0.119 e. The number of methoxy groups -OCH3 is 1. The van der Waals surface area contributed by atoms with E-state index in [4.69, 9.17) is 9.72 Å². The highest BCUT2D eigenvalue weighted by atomic mass is 16.5. The van der Waals surface area contributed by atoms with Gasteiger partial charge in [0.05, 0.1) is 12.6 Å². The summed E-state index contributed by atoms with van der Waals surface area (Å²) < 4.78 is 5.38. The van der Waals surface area contributed by atoms with Crippen LogP contribution in [-0.2, 0) is 5.41 Å². The van der Waals surface area contributed by atoms with Crippen molar-refractivity contribution in [2.75, 3.05) is 19.0 Å². The lowest BCUT2D eigenvalue weighted by atomic mass is 9.90. The Kier molecular flexibility index (Phi) is 3.89. The van der Waals surface area contributed by atoms with E-state index < -0.39 is 0 Å². The molecule has 0 amide bonds. The van der Waals surface area contributed by atoms with Crippen LogP contribution in [0.1, 0.15) is 39.0 Å². The summed E-state index contributed by atoms with van der Waals surface area (Å²) in [4.78, 5) is 4.87. The van der Waals surface area contributed by atoms with Crippen LogP contribution in [0, 0.1) is 6.92 Å². The number of benzene rings is 1. The molecule has 0 aliphatic carbocycles. The minimum absolute atomic E-state index is 0.0325. The quantitative estimate of drug-likeness (QED) is 0.905. The lowest BCUT2D eigenvalue weighted by Gasteiger charge is -2.21. The van der Waals surface area contributed by atoms with E-state index in [0.717, 1.165) is 40.1 Å². The highest BCUT2D eigenvalue weighted by Gasteiger charge is 2.19. The first kappa shape index (κ1) is 14.6. The molecule has 1 aromatic carbocycles. The van der Waals surface area contributed by atoms with Crippen molar-refractivity contribution in [1.82, 2.24) is 4.98 Å². The summed E-state index contributed by atoms with van der Waals surface area (Å²) in [5, 5.41) is 4.57. The number of pyridine rings is 1. The van der Waals surface area contributed by atoms with Crippen LogP contribution in [-0.4, -0.2) is 18.6 Å². The van der Waals surface area contributed by atoms with Gasteiger partial charge in [-0.15, -0.1) is 0 Å². The SMILES string of the molecule is CCNc1cc(C(C)(C)C)nc2c(C)cc(OC)cc12. The lowest BCUT2D eigenvalue weighted by molar-refractivity contribution is 0.415. The molecule has 0 aliphatic rings. The minimum Gasteiger partial charge on any atom is -0.497 e. The highest BCUT2D eigenvalue weighted by Crippen LogP contribution is 2.33. The Balaban J connectivity index is 2.78. The van der Waals surface area contributed by atoms with E-state index in [1.807, 2.05) is 6.07 Å². The third-order valence-corrected chi connectivity index (χ3v) is 3.45. The fourth-order valence-corrected chi connectivity index (χ4v) is 2.31. The molecular weight excluding hydrogens is 248 g/mol. The third-order valence-electron chi connectivity index (χ3n) is 3.45. The zero-order valence-electron chi connectivity index (χ0n) is 13.3. The molecule has 1 aromatic heterocycles. The van der Waals surface area contributed by atoms with E-state index in [-0.39, 0.29) is 5.41 Å². The Labute approximate surface area is 121 Å². The van der Waals surface area contributed by atoms with Crippen molar-refractivity contribution in [2.45, 2.75) is 40.0 Å². The van der Waals surface area contributed by atoms with Crippen LogP contribution in [0.15, 0.2) is 18.2 Å². The van der Waals surface area contributed by atoms with Crippen LogP contribution in [0.25, 0.3) is 10.9 Å². The average Bonchev–Trinajstić information content (AvgIpc) is 2.38. The van der Waals surface area contributed by atoms with Crippen LogP contribution in [0.5, 0.6) is 5.75 Å². The van der Waals surface area contributed by atoms with Crippen molar-refractivity contribution >= 4 is 16.6 Å². The molecule has 20 heavy (non-hydrogen) atoms. The molecule has 0 saturated heterocycles. The molecule has 2 rings (SSSR count). The van der Waals surface area contributed by atoms with Crippen LogP contribution in [0.3, 0.4) is 0 Å². The first-order chi connectivity index (χ1) is 9.36. The zero-order chi connectivity index (χ0) is 14.9. The summed E-state index contributed by atoms with van der Waals surface area (Å²) in [5.41, 5.74) is 4.46. The molecular formula is C17H24N2O. The second-order valence-electron chi connectivity index (χ2n) is 6.18. The summed E-state index contributed by atoms with van der Waals surface area (Å²) >= 11 is 0. The van der Waals surface area contributed by atoms with Crippen molar-refractivity contribution in [1.29, 1.82) is 0 Å². The second kappa shape index (κ2) is 5.31. The average molecular weight is 272 g/mol. The zero-order valence-corrected chi connectivity index (χ0v) is 13.3. The molecule has 0 fully saturated rings. The monoisotopic (exact) mass is 272 g/mol. The van der Waals surface area contributed by atoms with Gasteiger partial charge in [-0.25, -0.2) is 0 Å². The van der Waals surface area contributed by atoms with Gasteiger partial charge in [-0.1, -0.05) is 20.8 Å². The van der Waals surface area contributed by atoms with Gasteiger partial charge in [0.25, 0.3) is 0 Å². The number of aryl methyl sites for hydroxylation is 1. The van der Waals surface area contributed by atoms with Gasteiger partial charge in [0.1, 0.15) is 5.75 Å². The predicted molar refractivity (Wildman–Crippen MR) is 85.9 cm³/mol. The van der Waals surface area contributed by atoms with Crippen LogP contribution < -0.4 is 10.1 Å². The summed E-state index contributed by atoms with van der Waals surface area (Å²) in [6.07, 6.45) is 0. The lowest BCUT2D eigenvalue weighted by Crippen LogP contribution is -2.14. The maximum Gasteiger partial charge on any atom is 0.119 e. The van der Waals surface area contributed by atoms with Gasteiger partial charge in [0.15, 0.2) is 0 Å². The Morgan fingerprint density at radius 3 is 2.45 bits per heavy atom. The van der Waals surface area contributed by atoms with Crippen LogP contribution in [0.2, 0.25) is 0 Å².